The van der Waals surface area contributed by atoms with Gasteiger partial charge < -0.3 is 4.74 Å². The SMILES string of the molecule is C=CCC(c1ccc(OCC)cc1)C1CCC(CCCCC)CC1. The predicted octanol–water partition coefficient (Wildman–Crippen LogP) is 7.13. The fourth-order valence-electron chi connectivity index (χ4n) is 4.32. The van der Waals surface area contributed by atoms with E-state index in [1.165, 1.54) is 56.9 Å². The minimum absolute atomic E-state index is 0.634. The molecule has 1 aromatic carbocycles. The van der Waals surface area contributed by atoms with Crippen molar-refractivity contribution in [3.8, 4) is 5.75 Å². The second kappa shape index (κ2) is 10.6. The molecule has 0 aromatic heterocycles. The first-order valence-electron chi connectivity index (χ1n) is 10.1. The van der Waals surface area contributed by atoms with E-state index in [0.717, 1.165) is 30.6 Å². The highest BCUT2D eigenvalue weighted by molar-refractivity contribution is 5.30. The number of benzene rings is 1. The van der Waals surface area contributed by atoms with Gasteiger partial charge in [-0.15, -0.1) is 6.58 Å². The number of rotatable bonds is 10. The number of allylic oxidation sites excluding steroid dienone is 1. The summed E-state index contributed by atoms with van der Waals surface area (Å²) in [5.74, 6) is 3.42. The molecule has 1 aromatic rings. The van der Waals surface area contributed by atoms with Crippen LogP contribution in [0.2, 0.25) is 0 Å². The van der Waals surface area contributed by atoms with E-state index in [9.17, 15) is 0 Å². The van der Waals surface area contributed by atoms with Crippen molar-refractivity contribution in [3.63, 3.8) is 0 Å². The van der Waals surface area contributed by atoms with Gasteiger partial charge in [0.05, 0.1) is 6.61 Å². The number of ether oxygens (including phenoxy) is 1. The Bertz CT molecular complexity index is 453. The Morgan fingerprint density at radius 3 is 2.38 bits per heavy atom. The van der Waals surface area contributed by atoms with E-state index in [-0.39, 0.29) is 0 Å². The molecule has 2 rings (SSSR count). The molecule has 0 radical (unpaired) electrons. The third kappa shape index (κ3) is 5.69. The molecule has 1 nitrogen and oxygen atoms in total. The zero-order chi connectivity index (χ0) is 17.2. The zero-order valence-electron chi connectivity index (χ0n) is 15.8. The van der Waals surface area contributed by atoms with E-state index >= 15 is 0 Å². The molecule has 0 bridgehead atoms. The third-order valence-electron chi connectivity index (χ3n) is 5.72. The molecule has 1 aliphatic rings. The topological polar surface area (TPSA) is 9.23 Å². The lowest BCUT2D eigenvalue weighted by molar-refractivity contribution is 0.230. The zero-order valence-corrected chi connectivity index (χ0v) is 15.8. The van der Waals surface area contributed by atoms with Crippen LogP contribution in [0.4, 0.5) is 0 Å². The van der Waals surface area contributed by atoms with Gasteiger partial charge in [0.15, 0.2) is 0 Å². The van der Waals surface area contributed by atoms with E-state index in [1.54, 1.807) is 0 Å². The van der Waals surface area contributed by atoms with Crippen molar-refractivity contribution in [2.24, 2.45) is 11.8 Å². The van der Waals surface area contributed by atoms with Gasteiger partial charge in [0.2, 0.25) is 0 Å². The van der Waals surface area contributed by atoms with Crippen LogP contribution in [-0.4, -0.2) is 6.61 Å². The van der Waals surface area contributed by atoms with Crippen LogP contribution in [0.15, 0.2) is 36.9 Å². The molecule has 1 saturated carbocycles. The molecular formula is C23H36O. The Labute approximate surface area is 149 Å². The Hall–Kier alpha value is -1.24. The second-order valence-corrected chi connectivity index (χ2v) is 7.41. The van der Waals surface area contributed by atoms with E-state index in [4.69, 9.17) is 4.74 Å². The van der Waals surface area contributed by atoms with Crippen LogP contribution in [-0.2, 0) is 0 Å². The van der Waals surface area contributed by atoms with Crippen molar-refractivity contribution in [3.05, 3.63) is 42.5 Å². The summed E-state index contributed by atoms with van der Waals surface area (Å²) in [7, 11) is 0. The monoisotopic (exact) mass is 328 g/mol. The number of unbranched alkanes of at least 4 members (excludes halogenated alkanes) is 2. The molecule has 0 N–H and O–H groups in total. The molecule has 0 amide bonds. The molecule has 1 atom stereocenters. The van der Waals surface area contributed by atoms with Crippen molar-refractivity contribution in [2.75, 3.05) is 6.61 Å². The number of hydrogen-bond donors (Lipinski definition) is 0. The van der Waals surface area contributed by atoms with Gasteiger partial charge in [0, 0.05) is 0 Å². The van der Waals surface area contributed by atoms with Crippen LogP contribution in [0.25, 0.3) is 0 Å². The molecule has 1 fully saturated rings. The van der Waals surface area contributed by atoms with Gasteiger partial charge in [0.25, 0.3) is 0 Å². The standard InChI is InChI=1S/C23H36O/c1-4-7-8-10-19-11-13-20(14-12-19)23(9-5-2)21-15-17-22(18-16-21)24-6-3/h5,15-20,23H,2,4,6-14H2,1,3H3. The van der Waals surface area contributed by atoms with Crippen molar-refractivity contribution < 1.29 is 4.74 Å². The summed E-state index contributed by atoms with van der Waals surface area (Å²) >= 11 is 0. The van der Waals surface area contributed by atoms with Crippen LogP contribution in [0.1, 0.15) is 83.1 Å². The lowest BCUT2D eigenvalue weighted by atomic mass is 9.71. The van der Waals surface area contributed by atoms with E-state index in [1.807, 2.05) is 6.92 Å². The van der Waals surface area contributed by atoms with Gasteiger partial charge in [-0.1, -0.05) is 63.7 Å². The van der Waals surface area contributed by atoms with Crippen LogP contribution in [0, 0.1) is 11.8 Å². The summed E-state index contributed by atoms with van der Waals surface area (Å²) in [6.07, 6.45) is 14.5. The Morgan fingerprint density at radius 1 is 1.08 bits per heavy atom. The van der Waals surface area contributed by atoms with Gasteiger partial charge in [0.1, 0.15) is 5.75 Å². The van der Waals surface area contributed by atoms with Crippen LogP contribution >= 0.6 is 0 Å². The predicted molar refractivity (Wildman–Crippen MR) is 105 cm³/mol. The third-order valence-corrected chi connectivity index (χ3v) is 5.72. The van der Waals surface area contributed by atoms with Crippen LogP contribution < -0.4 is 4.74 Å². The molecule has 0 heterocycles. The first-order chi connectivity index (χ1) is 11.8. The molecular weight excluding hydrogens is 292 g/mol. The summed E-state index contributed by atoms with van der Waals surface area (Å²) in [4.78, 5) is 0. The van der Waals surface area contributed by atoms with E-state index in [0.29, 0.717) is 5.92 Å². The normalized spacial score (nSPS) is 22.1. The summed E-state index contributed by atoms with van der Waals surface area (Å²) in [6.45, 7) is 9.08. The molecule has 24 heavy (non-hydrogen) atoms. The van der Waals surface area contributed by atoms with Crippen LogP contribution in [0.5, 0.6) is 5.75 Å². The van der Waals surface area contributed by atoms with Crippen molar-refractivity contribution in [2.45, 2.75) is 77.6 Å². The van der Waals surface area contributed by atoms with Gasteiger partial charge in [-0.3, -0.25) is 0 Å². The highest BCUT2D eigenvalue weighted by Gasteiger charge is 2.27. The minimum Gasteiger partial charge on any atom is -0.494 e. The maximum atomic E-state index is 5.59. The lowest BCUT2D eigenvalue weighted by Crippen LogP contribution is -2.20. The number of hydrogen-bond acceptors (Lipinski definition) is 1. The summed E-state index contributed by atoms with van der Waals surface area (Å²) in [6, 6.07) is 8.80. The molecule has 1 heteroatoms. The molecule has 1 aliphatic carbocycles. The quantitative estimate of drug-likeness (QED) is 0.328. The molecule has 0 spiro atoms. The molecule has 1 unspecified atom stereocenters. The molecule has 0 saturated heterocycles. The highest BCUT2D eigenvalue weighted by atomic mass is 16.5. The smallest absolute Gasteiger partial charge is 0.119 e. The van der Waals surface area contributed by atoms with Gasteiger partial charge >= 0.3 is 0 Å². The van der Waals surface area contributed by atoms with Crippen molar-refractivity contribution in [1.82, 2.24) is 0 Å². The largest absolute Gasteiger partial charge is 0.494 e. The maximum Gasteiger partial charge on any atom is 0.119 e. The Balaban J connectivity index is 1.92. The first kappa shape index (κ1) is 19.1. The van der Waals surface area contributed by atoms with Gasteiger partial charge in [-0.2, -0.15) is 0 Å². The van der Waals surface area contributed by atoms with E-state index in [2.05, 4.69) is 43.8 Å². The Morgan fingerprint density at radius 2 is 1.79 bits per heavy atom. The lowest BCUT2D eigenvalue weighted by Gasteiger charge is -2.34. The Kier molecular flexibility index (Phi) is 8.42. The van der Waals surface area contributed by atoms with Crippen molar-refractivity contribution in [1.29, 1.82) is 0 Å². The second-order valence-electron chi connectivity index (χ2n) is 7.41. The fraction of sp³-hybridized carbons (Fsp3) is 0.652. The van der Waals surface area contributed by atoms with Crippen LogP contribution in [0.3, 0.4) is 0 Å². The molecule has 0 aliphatic heterocycles. The minimum atomic E-state index is 0.634. The highest BCUT2D eigenvalue weighted by Crippen LogP contribution is 2.41. The van der Waals surface area contributed by atoms with E-state index < -0.39 is 0 Å². The fourth-order valence-corrected chi connectivity index (χ4v) is 4.32. The average molecular weight is 329 g/mol. The summed E-state index contributed by atoms with van der Waals surface area (Å²) in [5.41, 5.74) is 1.47. The summed E-state index contributed by atoms with van der Waals surface area (Å²) < 4.78 is 5.59. The average Bonchev–Trinajstić information content (AvgIpc) is 2.62. The summed E-state index contributed by atoms with van der Waals surface area (Å²) in [5, 5.41) is 0. The van der Waals surface area contributed by atoms with Crippen molar-refractivity contribution >= 4 is 0 Å². The molecule has 134 valence electrons. The van der Waals surface area contributed by atoms with Gasteiger partial charge in [-0.25, -0.2) is 0 Å². The first-order valence-corrected chi connectivity index (χ1v) is 10.1. The maximum absolute atomic E-state index is 5.59. The van der Waals surface area contributed by atoms with Gasteiger partial charge in [-0.05, 0) is 61.6 Å².